The van der Waals surface area contributed by atoms with Crippen LogP contribution in [0.4, 0.5) is 28.9 Å². The lowest BCUT2D eigenvalue weighted by atomic mass is 9.99. The van der Waals surface area contributed by atoms with E-state index in [-0.39, 0.29) is 17.9 Å². The van der Waals surface area contributed by atoms with E-state index in [1.165, 1.54) is 12.1 Å². The van der Waals surface area contributed by atoms with Gasteiger partial charge in [0.2, 0.25) is 0 Å². The molecule has 7 nitrogen and oxygen atoms in total. The molecule has 3 heterocycles. The van der Waals surface area contributed by atoms with Crippen LogP contribution in [0.2, 0.25) is 0 Å². The number of aromatic nitrogens is 2. The van der Waals surface area contributed by atoms with Gasteiger partial charge in [0, 0.05) is 43.7 Å². The highest BCUT2D eigenvalue weighted by Crippen LogP contribution is 2.33. The number of carbonyl (C=O) groups is 1. The molecule has 1 aromatic carbocycles. The Bertz CT molecular complexity index is 1390. The Kier molecular flexibility index (Phi) is 8.24. The standard InChI is InChI=1S/C27H24F4N4O3/c1-17-12-21(28)23(34-26(36)18-5-6-32-25(14-18)27(29,30)31)15-20(17)19-13-24(35-7-10-38-11-8-35)22(33-16-19)4-3-9-37-2/h5-6,12-16H,7-11H2,1-2H3,(H,34,36). The summed E-state index contributed by atoms with van der Waals surface area (Å²) in [5, 5.41) is 2.37. The van der Waals surface area contributed by atoms with E-state index in [0.29, 0.717) is 54.8 Å². The Morgan fingerprint density at radius 3 is 2.66 bits per heavy atom. The second-order valence-corrected chi connectivity index (χ2v) is 8.45. The molecule has 198 valence electrons. The van der Waals surface area contributed by atoms with Crippen LogP contribution < -0.4 is 10.2 Å². The lowest BCUT2D eigenvalue weighted by Crippen LogP contribution is -2.36. The lowest BCUT2D eigenvalue weighted by Gasteiger charge is -2.29. The van der Waals surface area contributed by atoms with Crippen molar-refractivity contribution < 1.29 is 31.8 Å². The number of hydrogen-bond donors (Lipinski definition) is 1. The van der Waals surface area contributed by atoms with Crippen molar-refractivity contribution in [2.75, 3.05) is 50.2 Å². The normalized spacial score (nSPS) is 13.6. The molecule has 1 aliphatic rings. The number of ether oxygens (including phenoxy) is 2. The predicted octanol–water partition coefficient (Wildman–Crippen LogP) is 4.70. The van der Waals surface area contributed by atoms with Crippen molar-refractivity contribution in [3.63, 3.8) is 0 Å². The van der Waals surface area contributed by atoms with Gasteiger partial charge in [0.15, 0.2) is 0 Å². The van der Waals surface area contributed by atoms with E-state index in [0.717, 1.165) is 18.0 Å². The van der Waals surface area contributed by atoms with Crippen LogP contribution in [0.25, 0.3) is 11.1 Å². The van der Waals surface area contributed by atoms with Gasteiger partial charge in [-0.05, 0) is 54.3 Å². The van der Waals surface area contributed by atoms with Crippen molar-refractivity contribution in [3.05, 3.63) is 71.1 Å². The average Bonchev–Trinajstić information content (AvgIpc) is 2.90. The summed E-state index contributed by atoms with van der Waals surface area (Å²) in [6.45, 7) is 4.33. The van der Waals surface area contributed by atoms with Crippen molar-refractivity contribution in [2.45, 2.75) is 13.1 Å². The number of amides is 1. The van der Waals surface area contributed by atoms with E-state index in [9.17, 15) is 22.4 Å². The largest absolute Gasteiger partial charge is 0.433 e. The average molecular weight is 529 g/mol. The zero-order valence-corrected chi connectivity index (χ0v) is 20.7. The molecular formula is C27H24F4N4O3. The van der Waals surface area contributed by atoms with Crippen molar-refractivity contribution in [2.24, 2.45) is 0 Å². The maximum atomic E-state index is 14.8. The Balaban J connectivity index is 1.69. The first kappa shape index (κ1) is 27.0. The molecule has 2 aromatic heterocycles. The first-order chi connectivity index (χ1) is 18.2. The third-order valence-electron chi connectivity index (χ3n) is 5.83. The van der Waals surface area contributed by atoms with Crippen LogP contribution in [-0.4, -0.2) is 55.9 Å². The van der Waals surface area contributed by atoms with Crippen LogP contribution in [0.15, 0.2) is 42.7 Å². The molecule has 1 fully saturated rings. The number of nitrogens with zero attached hydrogens (tertiary/aromatic N) is 3. The molecule has 0 aliphatic carbocycles. The Labute approximate surface area is 216 Å². The molecule has 4 rings (SSSR count). The maximum absolute atomic E-state index is 14.8. The number of benzene rings is 1. The molecule has 0 atom stereocenters. The second-order valence-electron chi connectivity index (χ2n) is 8.45. The van der Waals surface area contributed by atoms with Gasteiger partial charge in [-0.25, -0.2) is 9.37 Å². The van der Waals surface area contributed by atoms with Gasteiger partial charge in [-0.2, -0.15) is 13.2 Å². The first-order valence-electron chi connectivity index (χ1n) is 11.6. The first-order valence-corrected chi connectivity index (χ1v) is 11.6. The Hall–Kier alpha value is -4.01. The number of carbonyl (C=O) groups excluding carboxylic acids is 1. The third kappa shape index (κ3) is 6.27. The van der Waals surface area contributed by atoms with E-state index in [1.54, 1.807) is 20.2 Å². The molecule has 38 heavy (non-hydrogen) atoms. The molecule has 1 amide bonds. The van der Waals surface area contributed by atoms with Crippen LogP contribution in [0, 0.1) is 24.6 Å². The van der Waals surface area contributed by atoms with Crippen molar-refractivity contribution in [1.82, 2.24) is 9.97 Å². The quantitative estimate of drug-likeness (QED) is 0.382. The number of alkyl halides is 3. The number of hydrogen-bond acceptors (Lipinski definition) is 6. The fraction of sp³-hybridized carbons (Fsp3) is 0.296. The molecular weight excluding hydrogens is 504 g/mol. The summed E-state index contributed by atoms with van der Waals surface area (Å²) in [7, 11) is 1.55. The fourth-order valence-corrected chi connectivity index (χ4v) is 3.93. The van der Waals surface area contributed by atoms with Gasteiger partial charge in [-0.15, -0.1) is 0 Å². The number of aryl methyl sites for hydroxylation is 1. The van der Waals surface area contributed by atoms with Gasteiger partial charge in [0.25, 0.3) is 5.91 Å². The van der Waals surface area contributed by atoms with Gasteiger partial charge >= 0.3 is 6.18 Å². The molecule has 0 saturated carbocycles. The highest BCUT2D eigenvalue weighted by molar-refractivity contribution is 6.04. The van der Waals surface area contributed by atoms with Gasteiger partial charge in [-0.3, -0.25) is 9.78 Å². The van der Waals surface area contributed by atoms with E-state index >= 15 is 0 Å². The maximum Gasteiger partial charge on any atom is 0.433 e. The Morgan fingerprint density at radius 2 is 1.95 bits per heavy atom. The van der Waals surface area contributed by atoms with Gasteiger partial charge in [0.1, 0.15) is 23.8 Å². The third-order valence-corrected chi connectivity index (χ3v) is 5.83. The zero-order valence-electron chi connectivity index (χ0n) is 20.7. The minimum atomic E-state index is -4.72. The summed E-state index contributed by atoms with van der Waals surface area (Å²) in [5.41, 5.74) is 1.45. The van der Waals surface area contributed by atoms with Crippen LogP contribution in [0.3, 0.4) is 0 Å². The molecule has 1 saturated heterocycles. The number of pyridine rings is 2. The second kappa shape index (κ2) is 11.6. The zero-order chi connectivity index (χ0) is 27.3. The Morgan fingerprint density at radius 1 is 1.18 bits per heavy atom. The highest BCUT2D eigenvalue weighted by atomic mass is 19.4. The van der Waals surface area contributed by atoms with Crippen molar-refractivity contribution in [3.8, 4) is 23.0 Å². The van der Waals surface area contributed by atoms with E-state index in [2.05, 4.69) is 32.0 Å². The SMILES string of the molecule is COCC#Cc1ncc(-c2cc(NC(=O)c3ccnc(C(F)(F)F)c3)c(F)cc2C)cc1N1CCOCC1. The molecule has 0 bridgehead atoms. The molecule has 0 unspecified atom stereocenters. The molecule has 0 radical (unpaired) electrons. The summed E-state index contributed by atoms with van der Waals surface area (Å²) in [5.74, 6) is 4.29. The predicted molar refractivity (Wildman–Crippen MR) is 133 cm³/mol. The van der Waals surface area contributed by atoms with Crippen molar-refractivity contribution in [1.29, 1.82) is 0 Å². The molecule has 1 N–H and O–H groups in total. The monoisotopic (exact) mass is 528 g/mol. The minimum Gasteiger partial charge on any atom is -0.378 e. The summed E-state index contributed by atoms with van der Waals surface area (Å²) < 4.78 is 64.3. The van der Waals surface area contributed by atoms with Crippen molar-refractivity contribution >= 4 is 17.3 Å². The molecule has 1 aliphatic heterocycles. The lowest BCUT2D eigenvalue weighted by molar-refractivity contribution is -0.141. The van der Waals surface area contributed by atoms with Crippen LogP contribution in [0.1, 0.15) is 27.3 Å². The molecule has 11 heteroatoms. The van der Waals surface area contributed by atoms with Gasteiger partial charge in [-0.1, -0.05) is 5.92 Å². The van der Waals surface area contributed by atoms with E-state index in [4.69, 9.17) is 9.47 Å². The van der Waals surface area contributed by atoms with Gasteiger partial charge in [0.05, 0.1) is 24.6 Å². The van der Waals surface area contributed by atoms with E-state index < -0.39 is 23.6 Å². The summed E-state index contributed by atoms with van der Waals surface area (Å²) in [4.78, 5) is 22.6. The number of morpholine rings is 1. The summed E-state index contributed by atoms with van der Waals surface area (Å²) in [6, 6.07) is 6.31. The van der Waals surface area contributed by atoms with Crippen LogP contribution in [0.5, 0.6) is 0 Å². The molecule has 3 aromatic rings. The van der Waals surface area contributed by atoms with Crippen LogP contribution in [-0.2, 0) is 15.7 Å². The highest BCUT2D eigenvalue weighted by Gasteiger charge is 2.33. The number of anilines is 2. The topological polar surface area (TPSA) is 76.6 Å². The molecule has 0 spiro atoms. The summed E-state index contributed by atoms with van der Waals surface area (Å²) >= 11 is 0. The number of methoxy groups -OCH3 is 1. The van der Waals surface area contributed by atoms with Gasteiger partial charge < -0.3 is 19.7 Å². The smallest absolute Gasteiger partial charge is 0.378 e. The summed E-state index contributed by atoms with van der Waals surface area (Å²) in [6.07, 6.45) is -2.24. The van der Waals surface area contributed by atoms with Crippen LogP contribution >= 0.6 is 0 Å². The van der Waals surface area contributed by atoms with E-state index in [1.807, 2.05) is 6.07 Å². The minimum absolute atomic E-state index is 0.183. The number of nitrogens with one attached hydrogen (secondary N) is 1. The fourth-order valence-electron chi connectivity index (χ4n) is 3.93. The number of halogens is 4. The number of rotatable bonds is 5.